The van der Waals surface area contributed by atoms with Crippen molar-refractivity contribution in [3.8, 4) is 11.8 Å². The van der Waals surface area contributed by atoms with Gasteiger partial charge in [0.2, 0.25) is 5.78 Å². The zero-order valence-corrected chi connectivity index (χ0v) is 6.45. The molecule has 1 aromatic carbocycles. The standard InChI is InChI=1S/C10H8O2/c11-8-4-7-10(12)9-5-2-1-3-6-9/h1-3,5-6,11H,8H2. The van der Waals surface area contributed by atoms with E-state index in [9.17, 15) is 4.79 Å². The number of aliphatic hydroxyl groups is 1. The SMILES string of the molecule is O=C(C#CCO)c1ccccc1. The fraction of sp³-hybridized carbons (Fsp3) is 0.100. The Morgan fingerprint density at radius 3 is 2.58 bits per heavy atom. The number of carbonyl (C=O) groups excluding carboxylic acids is 1. The van der Waals surface area contributed by atoms with Crippen LogP contribution in [0.3, 0.4) is 0 Å². The maximum absolute atomic E-state index is 11.1. The normalized spacial score (nSPS) is 8.42. The first kappa shape index (κ1) is 8.51. The number of Topliss-reactive ketones (excluding diaryl/α,β-unsaturated/α-hetero) is 1. The molecule has 0 bridgehead atoms. The number of ketones is 1. The summed E-state index contributed by atoms with van der Waals surface area (Å²) in [4.78, 5) is 11.1. The van der Waals surface area contributed by atoms with Crippen LogP contribution in [0.15, 0.2) is 30.3 Å². The van der Waals surface area contributed by atoms with E-state index in [0.717, 1.165) is 0 Å². The van der Waals surface area contributed by atoms with Crippen molar-refractivity contribution < 1.29 is 9.90 Å². The Morgan fingerprint density at radius 1 is 1.33 bits per heavy atom. The average Bonchev–Trinajstić information content (AvgIpc) is 2.15. The molecule has 0 aromatic heterocycles. The van der Waals surface area contributed by atoms with Crippen molar-refractivity contribution in [1.29, 1.82) is 0 Å². The minimum absolute atomic E-state index is 0.260. The van der Waals surface area contributed by atoms with Gasteiger partial charge in [-0.05, 0) is 5.92 Å². The van der Waals surface area contributed by atoms with E-state index in [0.29, 0.717) is 5.56 Å². The largest absolute Gasteiger partial charge is 0.384 e. The molecule has 0 aliphatic rings. The van der Waals surface area contributed by atoms with Gasteiger partial charge in [0.1, 0.15) is 6.61 Å². The van der Waals surface area contributed by atoms with Crippen LogP contribution in [0.1, 0.15) is 10.4 Å². The monoisotopic (exact) mass is 160 g/mol. The first-order valence-corrected chi connectivity index (χ1v) is 3.53. The Hall–Kier alpha value is -1.59. The number of hydrogen-bond donors (Lipinski definition) is 1. The molecule has 0 unspecified atom stereocenters. The summed E-state index contributed by atoms with van der Waals surface area (Å²) in [6.07, 6.45) is 0. The van der Waals surface area contributed by atoms with Gasteiger partial charge in [-0.3, -0.25) is 4.79 Å². The van der Waals surface area contributed by atoms with Gasteiger partial charge in [-0.25, -0.2) is 0 Å². The highest BCUT2D eigenvalue weighted by molar-refractivity contribution is 6.08. The lowest BCUT2D eigenvalue weighted by molar-refractivity contribution is 0.105. The fourth-order valence-corrected chi connectivity index (χ4v) is 0.782. The summed E-state index contributed by atoms with van der Waals surface area (Å²) in [7, 11) is 0. The lowest BCUT2D eigenvalue weighted by Gasteiger charge is -1.89. The number of carbonyl (C=O) groups is 1. The summed E-state index contributed by atoms with van der Waals surface area (Å²) >= 11 is 0. The zero-order valence-electron chi connectivity index (χ0n) is 6.45. The van der Waals surface area contributed by atoms with E-state index < -0.39 is 0 Å². The molecule has 1 N–H and O–H groups in total. The number of rotatable bonds is 1. The van der Waals surface area contributed by atoms with Crippen LogP contribution in [0.5, 0.6) is 0 Å². The van der Waals surface area contributed by atoms with Crippen LogP contribution in [0.2, 0.25) is 0 Å². The van der Waals surface area contributed by atoms with Crippen molar-refractivity contribution in [3.05, 3.63) is 35.9 Å². The van der Waals surface area contributed by atoms with Crippen LogP contribution in [0.4, 0.5) is 0 Å². The third kappa shape index (κ3) is 2.22. The molecule has 60 valence electrons. The molecule has 1 aromatic rings. The van der Waals surface area contributed by atoms with Crippen molar-refractivity contribution in [2.45, 2.75) is 0 Å². The zero-order chi connectivity index (χ0) is 8.81. The molecule has 0 heterocycles. The van der Waals surface area contributed by atoms with Gasteiger partial charge in [-0.1, -0.05) is 36.3 Å². The molecule has 0 saturated carbocycles. The summed E-state index contributed by atoms with van der Waals surface area (Å²) in [5.41, 5.74) is 0.554. The number of aliphatic hydroxyl groups excluding tert-OH is 1. The second-order valence-electron chi connectivity index (χ2n) is 2.16. The van der Waals surface area contributed by atoms with E-state index in [1.165, 1.54) is 0 Å². The van der Waals surface area contributed by atoms with Gasteiger partial charge < -0.3 is 5.11 Å². The highest BCUT2D eigenvalue weighted by Gasteiger charge is 1.97. The summed E-state index contributed by atoms with van der Waals surface area (Å²) in [6, 6.07) is 8.75. The Balaban J connectivity index is 2.79. The lowest BCUT2D eigenvalue weighted by Crippen LogP contribution is -1.93. The maximum atomic E-state index is 11.1. The molecule has 0 spiro atoms. The molecule has 0 radical (unpaired) electrons. The fourth-order valence-electron chi connectivity index (χ4n) is 0.782. The Bertz CT molecular complexity index is 317. The van der Waals surface area contributed by atoms with Gasteiger partial charge >= 0.3 is 0 Å². The Kier molecular flexibility index (Phi) is 3.06. The Morgan fingerprint density at radius 2 is 2.00 bits per heavy atom. The predicted octanol–water partition coefficient (Wildman–Crippen LogP) is 0.865. The third-order valence-corrected chi connectivity index (χ3v) is 1.32. The van der Waals surface area contributed by atoms with Crippen LogP contribution >= 0.6 is 0 Å². The van der Waals surface area contributed by atoms with Gasteiger partial charge in [0.05, 0.1) is 0 Å². The van der Waals surface area contributed by atoms with E-state index >= 15 is 0 Å². The Labute approximate surface area is 70.8 Å². The minimum Gasteiger partial charge on any atom is -0.384 e. The molecule has 0 fully saturated rings. The molecule has 0 aliphatic carbocycles. The molecule has 2 heteroatoms. The molecular formula is C10H8O2. The van der Waals surface area contributed by atoms with Crippen LogP contribution in [-0.4, -0.2) is 17.5 Å². The van der Waals surface area contributed by atoms with Crippen LogP contribution < -0.4 is 0 Å². The summed E-state index contributed by atoms with van der Waals surface area (Å²) in [5, 5.41) is 8.34. The number of hydrogen-bond acceptors (Lipinski definition) is 2. The van der Waals surface area contributed by atoms with E-state index in [2.05, 4.69) is 11.8 Å². The van der Waals surface area contributed by atoms with Crippen LogP contribution in [0.25, 0.3) is 0 Å². The van der Waals surface area contributed by atoms with E-state index in [-0.39, 0.29) is 12.4 Å². The van der Waals surface area contributed by atoms with Crippen LogP contribution in [-0.2, 0) is 0 Å². The highest BCUT2D eigenvalue weighted by atomic mass is 16.2. The van der Waals surface area contributed by atoms with Gasteiger partial charge in [-0.2, -0.15) is 0 Å². The first-order valence-electron chi connectivity index (χ1n) is 3.53. The van der Waals surface area contributed by atoms with Crippen molar-refractivity contribution in [3.63, 3.8) is 0 Å². The topological polar surface area (TPSA) is 37.3 Å². The van der Waals surface area contributed by atoms with E-state index in [4.69, 9.17) is 5.11 Å². The molecule has 12 heavy (non-hydrogen) atoms. The minimum atomic E-state index is -0.279. The molecule has 0 atom stereocenters. The first-order chi connectivity index (χ1) is 5.84. The number of benzene rings is 1. The average molecular weight is 160 g/mol. The van der Waals surface area contributed by atoms with Crippen molar-refractivity contribution in [2.24, 2.45) is 0 Å². The van der Waals surface area contributed by atoms with Crippen LogP contribution in [0, 0.1) is 11.8 Å². The third-order valence-electron chi connectivity index (χ3n) is 1.32. The quantitative estimate of drug-likeness (QED) is 0.376. The second-order valence-corrected chi connectivity index (χ2v) is 2.16. The van der Waals surface area contributed by atoms with E-state index in [1.54, 1.807) is 24.3 Å². The lowest BCUT2D eigenvalue weighted by atomic mass is 10.1. The predicted molar refractivity (Wildman–Crippen MR) is 45.6 cm³/mol. The summed E-state index contributed by atoms with van der Waals surface area (Å²) < 4.78 is 0. The molecule has 0 amide bonds. The molecule has 0 saturated heterocycles. The van der Waals surface area contributed by atoms with Gasteiger partial charge in [-0.15, -0.1) is 0 Å². The second kappa shape index (κ2) is 4.32. The molecular weight excluding hydrogens is 152 g/mol. The van der Waals surface area contributed by atoms with Crippen molar-refractivity contribution in [1.82, 2.24) is 0 Å². The smallest absolute Gasteiger partial charge is 0.235 e. The molecule has 2 nitrogen and oxygen atoms in total. The molecule has 1 rings (SSSR count). The van der Waals surface area contributed by atoms with Gasteiger partial charge in [0, 0.05) is 5.56 Å². The van der Waals surface area contributed by atoms with Crippen molar-refractivity contribution >= 4 is 5.78 Å². The van der Waals surface area contributed by atoms with Gasteiger partial charge in [0.25, 0.3) is 0 Å². The summed E-state index contributed by atoms with van der Waals surface area (Å²) in [6.45, 7) is -0.279. The maximum Gasteiger partial charge on any atom is 0.235 e. The summed E-state index contributed by atoms with van der Waals surface area (Å²) in [5.74, 6) is 4.35. The van der Waals surface area contributed by atoms with Gasteiger partial charge in [0.15, 0.2) is 0 Å². The van der Waals surface area contributed by atoms with Crippen molar-refractivity contribution in [2.75, 3.05) is 6.61 Å². The highest BCUT2D eigenvalue weighted by Crippen LogP contribution is 1.98. The van der Waals surface area contributed by atoms with E-state index in [1.807, 2.05) is 6.07 Å². The molecule has 0 aliphatic heterocycles.